The number of ether oxygens (including phenoxy) is 1. The summed E-state index contributed by atoms with van der Waals surface area (Å²) in [5, 5.41) is 3.60. The fraction of sp³-hybridized carbons (Fsp3) is 0.308. The number of nitrogens with zero attached hydrogens (tertiary/aromatic N) is 1. The topological polar surface area (TPSA) is 34.2 Å². The van der Waals surface area contributed by atoms with Crippen LogP contribution in [0.5, 0.6) is 5.75 Å². The molecule has 102 valence electrons. The summed E-state index contributed by atoms with van der Waals surface area (Å²) in [6.45, 7) is 3.72. The van der Waals surface area contributed by atoms with Crippen LogP contribution in [0.4, 0.5) is 18.9 Å². The summed E-state index contributed by atoms with van der Waals surface area (Å²) < 4.78 is 40.6. The predicted molar refractivity (Wildman–Crippen MR) is 67.4 cm³/mol. The monoisotopic (exact) mass is 270 g/mol. The van der Waals surface area contributed by atoms with Crippen LogP contribution in [0, 0.1) is 13.8 Å². The molecule has 0 unspecified atom stereocenters. The van der Waals surface area contributed by atoms with Crippen LogP contribution in [0.25, 0.3) is 10.9 Å². The van der Waals surface area contributed by atoms with Crippen molar-refractivity contribution in [1.29, 1.82) is 0 Å². The lowest BCUT2D eigenvalue weighted by atomic mass is 10.1. The van der Waals surface area contributed by atoms with Crippen LogP contribution in [0.3, 0.4) is 0 Å². The van der Waals surface area contributed by atoms with E-state index in [0.29, 0.717) is 10.9 Å². The molecule has 0 fully saturated rings. The molecule has 19 heavy (non-hydrogen) atoms. The van der Waals surface area contributed by atoms with Crippen LogP contribution in [-0.4, -0.2) is 18.4 Å². The first kappa shape index (κ1) is 13.5. The minimum atomic E-state index is -4.69. The summed E-state index contributed by atoms with van der Waals surface area (Å²) in [5.41, 5.74) is 3.12. The average molecular weight is 270 g/mol. The van der Waals surface area contributed by atoms with Crippen molar-refractivity contribution in [3.05, 3.63) is 29.5 Å². The number of pyridine rings is 1. The Hall–Kier alpha value is -1.98. The Bertz CT molecular complexity index is 623. The number of hydrogen-bond donors (Lipinski definition) is 1. The van der Waals surface area contributed by atoms with Crippen molar-refractivity contribution in [2.75, 3.05) is 12.4 Å². The minimum absolute atomic E-state index is 0.249. The highest BCUT2D eigenvalue weighted by Gasteiger charge is 2.31. The van der Waals surface area contributed by atoms with Gasteiger partial charge in [0.2, 0.25) is 0 Å². The largest absolute Gasteiger partial charge is 0.573 e. The van der Waals surface area contributed by atoms with E-state index in [1.165, 1.54) is 18.2 Å². The molecule has 0 saturated carbocycles. The Labute approximate surface area is 108 Å². The molecule has 0 aliphatic heterocycles. The molecule has 0 bridgehead atoms. The van der Waals surface area contributed by atoms with Crippen molar-refractivity contribution in [2.45, 2.75) is 20.2 Å². The number of fused-ring (bicyclic) bond motifs is 1. The maximum atomic E-state index is 12.2. The number of hydrogen-bond acceptors (Lipinski definition) is 3. The van der Waals surface area contributed by atoms with E-state index in [1.54, 1.807) is 7.05 Å². The summed E-state index contributed by atoms with van der Waals surface area (Å²) in [5.74, 6) is -0.249. The normalized spacial score (nSPS) is 11.7. The zero-order chi connectivity index (χ0) is 14.2. The number of halogens is 3. The van der Waals surface area contributed by atoms with Gasteiger partial charge in [-0.3, -0.25) is 4.98 Å². The van der Waals surface area contributed by atoms with Crippen molar-refractivity contribution in [3.63, 3.8) is 0 Å². The fourth-order valence-corrected chi connectivity index (χ4v) is 1.98. The first-order chi connectivity index (χ1) is 8.81. The lowest BCUT2D eigenvalue weighted by Crippen LogP contribution is -2.17. The van der Waals surface area contributed by atoms with Crippen molar-refractivity contribution in [3.8, 4) is 5.75 Å². The molecule has 0 radical (unpaired) electrons. The predicted octanol–water partition coefficient (Wildman–Crippen LogP) is 3.79. The summed E-state index contributed by atoms with van der Waals surface area (Å²) in [7, 11) is 1.72. The van der Waals surface area contributed by atoms with E-state index in [9.17, 15) is 13.2 Å². The van der Waals surface area contributed by atoms with E-state index in [2.05, 4.69) is 15.0 Å². The summed E-state index contributed by atoms with van der Waals surface area (Å²) in [6, 6.07) is 4.12. The van der Waals surface area contributed by atoms with Crippen LogP contribution < -0.4 is 10.1 Å². The standard InChI is InChI=1S/C13H13F3N2O/c1-7-8(2)18-11-5-4-9(19-13(14,15)16)6-10(11)12(7)17-3/h4-6H,1-3H3,(H,17,18). The van der Waals surface area contributed by atoms with Crippen LogP contribution in [0.15, 0.2) is 18.2 Å². The van der Waals surface area contributed by atoms with Gasteiger partial charge in [-0.25, -0.2) is 0 Å². The molecule has 1 heterocycles. The summed E-state index contributed by atoms with van der Waals surface area (Å²) >= 11 is 0. The Morgan fingerprint density at radius 2 is 1.89 bits per heavy atom. The molecule has 3 nitrogen and oxygen atoms in total. The van der Waals surface area contributed by atoms with Crippen LogP contribution in [0.1, 0.15) is 11.3 Å². The van der Waals surface area contributed by atoms with Gasteiger partial charge in [-0.15, -0.1) is 13.2 Å². The lowest BCUT2D eigenvalue weighted by Gasteiger charge is -2.14. The van der Waals surface area contributed by atoms with E-state index in [-0.39, 0.29) is 5.75 Å². The van der Waals surface area contributed by atoms with Gasteiger partial charge in [-0.1, -0.05) is 0 Å². The number of nitrogens with one attached hydrogen (secondary N) is 1. The second kappa shape index (κ2) is 4.60. The molecule has 2 rings (SSSR count). The molecule has 1 N–H and O–H groups in total. The van der Waals surface area contributed by atoms with Crippen molar-refractivity contribution in [1.82, 2.24) is 4.98 Å². The molecule has 0 atom stereocenters. The first-order valence-corrected chi connectivity index (χ1v) is 5.66. The second-order valence-corrected chi connectivity index (χ2v) is 4.17. The highest BCUT2D eigenvalue weighted by Crippen LogP contribution is 2.32. The van der Waals surface area contributed by atoms with E-state index in [4.69, 9.17) is 0 Å². The number of alkyl halides is 3. The SMILES string of the molecule is CNc1c(C)c(C)nc2ccc(OC(F)(F)F)cc12. The Morgan fingerprint density at radius 3 is 2.47 bits per heavy atom. The molecule has 1 aromatic carbocycles. The fourth-order valence-electron chi connectivity index (χ4n) is 1.98. The number of anilines is 1. The van der Waals surface area contributed by atoms with Crippen LogP contribution >= 0.6 is 0 Å². The molecular formula is C13H13F3N2O. The summed E-state index contributed by atoms with van der Waals surface area (Å²) in [6.07, 6.45) is -4.69. The number of aromatic nitrogens is 1. The van der Waals surface area contributed by atoms with Gasteiger partial charge in [-0.2, -0.15) is 0 Å². The van der Waals surface area contributed by atoms with E-state index < -0.39 is 6.36 Å². The summed E-state index contributed by atoms with van der Waals surface area (Å²) in [4.78, 5) is 4.34. The maximum Gasteiger partial charge on any atom is 0.573 e. The van der Waals surface area contributed by atoms with Crippen LogP contribution in [-0.2, 0) is 0 Å². The molecule has 0 amide bonds. The smallest absolute Gasteiger partial charge is 0.406 e. The van der Waals surface area contributed by atoms with Gasteiger partial charge in [-0.05, 0) is 37.6 Å². The highest BCUT2D eigenvalue weighted by molar-refractivity contribution is 5.94. The van der Waals surface area contributed by atoms with Gasteiger partial charge in [0.25, 0.3) is 0 Å². The zero-order valence-corrected chi connectivity index (χ0v) is 10.7. The third-order valence-corrected chi connectivity index (χ3v) is 2.93. The van der Waals surface area contributed by atoms with Crippen molar-refractivity contribution < 1.29 is 17.9 Å². The molecule has 6 heteroatoms. The maximum absolute atomic E-state index is 12.2. The molecular weight excluding hydrogens is 257 g/mol. The van der Waals surface area contributed by atoms with Gasteiger partial charge in [0.1, 0.15) is 5.75 Å². The quantitative estimate of drug-likeness (QED) is 0.901. The first-order valence-electron chi connectivity index (χ1n) is 5.66. The molecule has 0 aliphatic rings. The average Bonchev–Trinajstić information content (AvgIpc) is 2.29. The Morgan fingerprint density at radius 1 is 1.21 bits per heavy atom. The van der Waals surface area contributed by atoms with Gasteiger partial charge < -0.3 is 10.1 Å². The van der Waals surface area contributed by atoms with E-state index in [1.807, 2.05) is 13.8 Å². The van der Waals surface area contributed by atoms with Gasteiger partial charge in [0, 0.05) is 23.8 Å². The minimum Gasteiger partial charge on any atom is -0.406 e. The van der Waals surface area contributed by atoms with E-state index in [0.717, 1.165) is 16.9 Å². The third kappa shape index (κ3) is 2.72. The third-order valence-electron chi connectivity index (χ3n) is 2.93. The van der Waals surface area contributed by atoms with Crippen molar-refractivity contribution >= 4 is 16.6 Å². The second-order valence-electron chi connectivity index (χ2n) is 4.17. The number of rotatable bonds is 2. The molecule has 0 spiro atoms. The molecule has 0 aliphatic carbocycles. The zero-order valence-electron chi connectivity index (χ0n) is 10.7. The Balaban J connectivity index is 2.61. The number of aryl methyl sites for hydroxylation is 1. The van der Waals surface area contributed by atoms with Gasteiger partial charge in [0.05, 0.1) is 5.52 Å². The molecule has 2 aromatic rings. The van der Waals surface area contributed by atoms with Crippen molar-refractivity contribution in [2.24, 2.45) is 0 Å². The van der Waals surface area contributed by atoms with Gasteiger partial charge in [0.15, 0.2) is 0 Å². The Kier molecular flexibility index (Phi) is 3.26. The van der Waals surface area contributed by atoms with Gasteiger partial charge >= 0.3 is 6.36 Å². The molecule has 1 aromatic heterocycles. The molecule has 0 saturated heterocycles. The van der Waals surface area contributed by atoms with E-state index >= 15 is 0 Å². The van der Waals surface area contributed by atoms with Crippen LogP contribution in [0.2, 0.25) is 0 Å². The lowest BCUT2D eigenvalue weighted by molar-refractivity contribution is -0.274. The number of benzene rings is 1. The highest BCUT2D eigenvalue weighted by atomic mass is 19.4.